The highest BCUT2D eigenvalue weighted by molar-refractivity contribution is 7.47. The first-order chi connectivity index (χ1) is 31.7. The van der Waals surface area contributed by atoms with Crippen LogP contribution >= 0.6 is 7.82 Å². The van der Waals surface area contributed by atoms with E-state index in [2.05, 4.69) is 38.2 Å². The van der Waals surface area contributed by atoms with Crippen molar-refractivity contribution in [2.75, 3.05) is 26.4 Å². The van der Waals surface area contributed by atoms with Gasteiger partial charge >= 0.3 is 19.8 Å². The van der Waals surface area contributed by atoms with Gasteiger partial charge in [0, 0.05) is 12.8 Å². The molecule has 11 heteroatoms. The number of hydrogen-bond donors (Lipinski definition) is 3. The molecule has 0 aromatic heterocycles. The number of unbranched alkanes of at least 4 members (excludes halogenated alkanes) is 34. The summed E-state index contributed by atoms with van der Waals surface area (Å²) in [5.74, 6) is -0.958. The highest BCUT2D eigenvalue weighted by atomic mass is 31.2. The fourth-order valence-corrected chi connectivity index (χ4v) is 8.69. The molecule has 0 aromatic rings. The Morgan fingerprint density at radius 3 is 1.20 bits per heavy atom. The zero-order valence-corrected chi connectivity index (χ0v) is 43.1. The average molecular weight is 943 g/mol. The SMILES string of the molecule is CCCCCCCCCCCCCCCC/C=C/CC/C=C/CCCC(=O)O[C@H](COC(=O)CCCCCCCCCCCCCCCCCCCCC)COP(=O)(O)OC[C@@H](O)CO. The molecule has 0 aromatic carbocycles. The van der Waals surface area contributed by atoms with Gasteiger partial charge in [-0.15, -0.1) is 0 Å². The van der Waals surface area contributed by atoms with E-state index in [9.17, 15) is 24.2 Å². The summed E-state index contributed by atoms with van der Waals surface area (Å²) in [7, 11) is -4.63. The lowest BCUT2D eigenvalue weighted by atomic mass is 10.0. The third kappa shape index (κ3) is 50.2. The van der Waals surface area contributed by atoms with E-state index in [1.54, 1.807) is 0 Å². The molecule has 0 amide bonds. The monoisotopic (exact) mass is 943 g/mol. The second-order valence-corrected chi connectivity index (χ2v) is 20.1. The second kappa shape index (κ2) is 50.3. The van der Waals surface area contributed by atoms with Crippen LogP contribution in [0.1, 0.15) is 271 Å². The van der Waals surface area contributed by atoms with Crippen LogP contribution in [0.3, 0.4) is 0 Å². The Hall–Kier alpha value is -1.55. The zero-order chi connectivity index (χ0) is 47.6. The first-order valence-corrected chi connectivity index (χ1v) is 28.8. The predicted octanol–water partition coefficient (Wildman–Crippen LogP) is 15.7. The van der Waals surface area contributed by atoms with E-state index < -0.39 is 51.8 Å². The molecule has 0 fully saturated rings. The Balaban J connectivity index is 4.17. The van der Waals surface area contributed by atoms with Gasteiger partial charge in [-0.1, -0.05) is 237 Å². The maximum atomic E-state index is 12.7. The summed E-state index contributed by atoms with van der Waals surface area (Å²) in [4.78, 5) is 35.2. The van der Waals surface area contributed by atoms with Crippen molar-refractivity contribution in [2.45, 2.75) is 283 Å². The summed E-state index contributed by atoms with van der Waals surface area (Å²) in [6.45, 7) is 2.40. The number of aliphatic hydroxyl groups is 2. The number of phosphoric acid groups is 1. The number of rotatable bonds is 52. The minimum absolute atomic E-state index is 0.128. The highest BCUT2D eigenvalue weighted by Gasteiger charge is 2.27. The minimum atomic E-state index is -4.63. The molecule has 0 heterocycles. The van der Waals surface area contributed by atoms with Crippen molar-refractivity contribution in [3.05, 3.63) is 24.3 Å². The summed E-state index contributed by atoms with van der Waals surface area (Å²) in [5, 5.41) is 18.4. The number of phosphoric ester groups is 1. The van der Waals surface area contributed by atoms with Crippen LogP contribution in [0.15, 0.2) is 24.3 Å². The van der Waals surface area contributed by atoms with Crippen molar-refractivity contribution < 1.29 is 47.8 Å². The smallest absolute Gasteiger partial charge is 0.462 e. The molecule has 0 aliphatic rings. The molecule has 3 atom stereocenters. The van der Waals surface area contributed by atoms with Crippen molar-refractivity contribution in [3.63, 3.8) is 0 Å². The van der Waals surface area contributed by atoms with Gasteiger partial charge in [-0.2, -0.15) is 0 Å². The van der Waals surface area contributed by atoms with Crippen molar-refractivity contribution in [1.29, 1.82) is 0 Å². The quantitative estimate of drug-likeness (QED) is 0.0233. The number of hydrogen-bond acceptors (Lipinski definition) is 9. The van der Waals surface area contributed by atoms with Gasteiger partial charge in [0.15, 0.2) is 6.10 Å². The molecule has 0 spiro atoms. The summed E-state index contributed by atoms with van der Waals surface area (Å²) >= 11 is 0. The Labute approximate surface area is 399 Å². The third-order valence-electron chi connectivity index (χ3n) is 12.1. The molecule has 10 nitrogen and oxygen atoms in total. The number of ether oxygens (including phenoxy) is 2. The average Bonchev–Trinajstić information content (AvgIpc) is 3.30. The number of carbonyl (C=O) groups excluding carboxylic acids is 2. The molecular weight excluding hydrogens is 840 g/mol. The van der Waals surface area contributed by atoms with Gasteiger partial charge < -0.3 is 24.6 Å². The van der Waals surface area contributed by atoms with Crippen molar-refractivity contribution in [3.8, 4) is 0 Å². The molecule has 65 heavy (non-hydrogen) atoms. The molecule has 3 N–H and O–H groups in total. The van der Waals surface area contributed by atoms with Crippen LogP contribution < -0.4 is 0 Å². The Kier molecular flexibility index (Phi) is 49.1. The van der Waals surface area contributed by atoms with Gasteiger partial charge in [0.2, 0.25) is 0 Å². The molecular formula is C54H103O10P. The van der Waals surface area contributed by atoms with Gasteiger partial charge in [0.1, 0.15) is 12.7 Å². The van der Waals surface area contributed by atoms with Gasteiger partial charge in [0.05, 0.1) is 19.8 Å². The fraction of sp³-hybridized carbons (Fsp3) is 0.889. The maximum Gasteiger partial charge on any atom is 0.472 e. The lowest BCUT2D eigenvalue weighted by Gasteiger charge is -2.20. The lowest BCUT2D eigenvalue weighted by Crippen LogP contribution is -2.29. The van der Waals surface area contributed by atoms with Crippen molar-refractivity contribution >= 4 is 19.8 Å². The summed E-state index contributed by atoms with van der Waals surface area (Å²) in [6.07, 6.45) is 54.5. The second-order valence-electron chi connectivity index (χ2n) is 18.6. The first-order valence-electron chi connectivity index (χ1n) is 27.3. The van der Waals surface area contributed by atoms with Crippen LogP contribution in [-0.2, 0) is 32.7 Å². The fourth-order valence-electron chi connectivity index (χ4n) is 7.90. The lowest BCUT2D eigenvalue weighted by molar-refractivity contribution is -0.161. The molecule has 0 aliphatic heterocycles. The molecule has 0 rings (SSSR count). The first kappa shape index (κ1) is 63.5. The molecule has 1 unspecified atom stereocenters. The Morgan fingerprint density at radius 1 is 0.446 bits per heavy atom. The number of allylic oxidation sites excluding steroid dienone is 4. The van der Waals surface area contributed by atoms with E-state index >= 15 is 0 Å². The number of aliphatic hydroxyl groups excluding tert-OH is 2. The van der Waals surface area contributed by atoms with Crippen LogP contribution in [0.2, 0.25) is 0 Å². The predicted molar refractivity (Wildman–Crippen MR) is 270 cm³/mol. The van der Waals surface area contributed by atoms with Crippen molar-refractivity contribution in [1.82, 2.24) is 0 Å². The standard InChI is InChI=1S/C54H103O10P/c1-3-5-7-9-11-13-15-17-19-21-23-24-25-26-28-30-32-34-36-38-40-42-44-46-54(58)64-52(50-63-65(59,60)62-48-51(56)47-55)49-61-53(57)45-43-41-39-37-35-33-31-29-27-22-20-18-16-14-12-10-8-6-4-2/h30,32,38,40,51-52,55-56H,3-29,31,33-37,39,41-50H2,1-2H3,(H,59,60)/b32-30+,40-38+/t51-,52+/m0/s1. The van der Waals surface area contributed by atoms with E-state index in [1.807, 2.05) is 0 Å². The van der Waals surface area contributed by atoms with Crippen LogP contribution in [-0.4, -0.2) is 65.7 Å². The largest absolute Gasteiger partial charge is 0.472 e. The molecule has 0 radical (unpaired) electrons. The van der Waals surface area contributed by atoms with E-state index in [0.29, 0.717) is 19.3 Å². The number of carbonyl (C=O) groups is 2. The van der Waals surface area contributed by atoms with Crippen LogP contribution in [0.25, 0.3) is 0 Å². The Bertz CT molecular complexity index is 1130. The molecule has 0 saturated heterocycles. The van der Waals surface area contributed by atoms with E-state index in [4.69, 9.17) is 23.6 Å². The molecule has 0 saturated carbocycles. The van der Waals surface area contributed by atoms with Crippen LogP contribution in [0.4, 0.5) is 0 Å². The third-order valence-corrected chi connectivity index (χ3v) is 13.0. The highest BCUT2D eigenvalue weighted by Crippen LogP contribution is 2.43. The normalized spacial score (nSPS) is 13.7. The molecule has 0 bridgehead atoms. The molecule has 0 aliphatic carbocycles. The van der Waals surface area contributed by atoms with E-state index in [0.717, 1.165) is 38.5 Å². The summed E-state index contributed by atoms with van der Waals surface area (Å²) < 4.78 is 32.9. The summed E-state index contributed by atoms with van der Waals surface area (Å²) in [5.41, 5.74) is 0. The maximum absolute atomic E-state index is 12.7. The number of esters is 2. The zero-order valence-electron chi connectivity index (χ0n) is 42.2. The van der Waals surface area contributed by atoms with E-state index in [-0.39, 0.29) is 19.4 Å². The Morgan fingerprint density at radius 2 is 0.785 bits per heavy atom. The van der Waals surface area contributed by atoms with Gasteiger partial charge in [-0.25, -0.2) is 4.57 Å². The summed E-state index contributed by atoms with van der Waals surface area (Å²) in [6, 6.07) is 0. The van der Waals surface area contributed by atoms with Crippen molar-refractivity contribution in [2.24, 2.45) is 0 Å². The van der Waals surface area contributed by atoms with Crippen LogP contribution in [0, 0.1) is 0 Å². The topological polar surface area (TPSA) is 149 Å². The van der Waals surface area contributed by atoms with Gasteiger partial charge in [-0.05, 0) is 44.9 Å². The van der Waals surface area contributed by atoms with Crippen LogP contribution in [0.5, 0.6) is 0 Å². The van der Waals surface area contributed by atoms with Gasteiger partial charge in [0.25, 0.3) is 0 Å². The van der Waals surface area contributed by atoms with E-state index in [1.165, 1.54) is 186 Å². The van der Waals surface area contributed by atoms with Gasteiger partial charge in [-0.3, -0.25) is 18.6 Å². The minimum Gasteiger partial charge on any atom is -0.462 e. The molecule has 384 valence electrons.